The van der Waals surface area contributed by atoms with Gasteiger partial charge in [0.25, 0.3) is 0 Å². The third-order valence-corrected chi connectivity index (χ3v) is 5.73. The molecule has 1 amide bonds. The molecule has 0 bridgehead atoms. The Balaban J connectivity index is 1.32. The Morgan fingerprint density at radius 1 is 1.16 bits per heavy atom. The third kappa shape index (κ3) is 3.43. The number of pyridine rings is 1. The van der Waals surface area contributed by atoms with Crippen LogP contribution in [0.3, 0.4) is 0 Å². The van der Waals surface area contributed by atoms with Crippen molar-refractivity contribution < 1.29 is 22.7 Å². The first-order valence-corrected chi connectivity index (χ1v) is 9.94. The summed E-state index contributed by atoms with van der Waals surface area (Å²) in [7, 11) is 0. The molecule has 0 aromatic carbocycles. The van der Waals surface area contributed by atoms with Gasteiger partial charge in [0.05, 0.1) is 37.9 Å². The molecule has 3 aromatic rings. The summed E-state index contributed by atoms with van der Waals surface area (Å²) in [6.07, 6.45) is 3.87. The van der Waals surface area contributed by atoms with Gasteiger partial charge in [0.15, 0.2) is 23.0 Å². The summed E-state index contributed by atoms with van der Waals surface area (Å²) in [4.78, 5) is 24.1. The van der Waals surface area contributed by atoms with Gasteiger partial charge in [-0.25, -0.2) is 18.2 Å². The summed E-state index contributed by atoms with van der Waals surface area (Å²) < 4.78 is 49.6. The van der Waals surface area contributed by atoms with E-state index in [9.17, 15) is 13.6 Å². The molecule has 0 saturated carbocycles. The third-order valence-electron chi connectivity index (χ3n) is 5.73. The monoisotopic (exact) mass is 432 g/mol. The molecule has 1 fully saturated rings. The Morgan fingerprint density at radius 2 is 2.03 bits per heavy atom. The van der Waals surface area contributed by atoms with Crippen molar-refractivity contribution in [1.29, 1.82) is 0 Å². The Kier molecular flexibility index (Phi) is 4.87. The fourth-order valence-electron chi connectivity index (χ4n) is 4.18. The number of rotatable bonds is 2. The Morgan fingerprint density at radius 3 is 2.87 bits per heavy atom. The fraction of sp³-hybridized carbons (Fsp3) is 0.400. The van der Waals surface area contributed by atoms with Crippen molar-refractivity contribution in [3.8, 4) is 5.75 Å². The van der Waals surface area contributed by atoms with Crippen LogP contribution in [0.4, 0.5) is 19.0 Å². The summed E-state index contributed by atoms with van der Waals surface area (Å²) in [5.41, 5.74) is 0.522. The van der Waals surface area contributed by atoms with E-state index in [2.05, 4.69) is 15.1 Å². The first-order valence-electron chi connectivity index (χ1n) is 9.94. The average molecular weight is 432 g/mol. The average Bonchev–Trinajstić information content (AvgIpc) is 3.01. The Labute approximate surface area is 175 Å². The summed E-state index contributed by atoms with van der Waals surface area (Å²) in [5, 5.41) is 3.97. The molecule has 1 unspecified atom stereocenters. The van der Waals surface area contributed by atoms with E-state index in [0.29, 0.717) is 17.9 Å². The van der Waals surface area contributed by atoms with Gasteiger partial charge in [-0.2, -0.15) is 9.61 Å². The number of amides is 1. The standard InChI is InChI=1S/C20H19F3N6O2/c21-14-8-24-7-12-10-28(5-6-31-18(12)14)20(30)13-2-4-27(11-16(13)23)17-1-3-25-19-15(22)9-26-29(17)19/h1,3,7-9,13,16H,2,4-6,10-11H2/t13?,16-/m0/s1. The molecule has 162 valence electrons. The quantitative estimate of drug-likeness (QED) is 0.617. The molecule has 0 aliphatic carbocycles. The molecular weight excluding hydrogens is 413 g/mol. The van der Waals surface area contributed by atoms with Crippen LogP contribution in [0, 0.1) is 17.6 Å². The fourth-order valence-corrected chi connectivity index (χ4v) is 4.18. The highest BCUT2D eigenvalue weighted by molar-refractivity contribution is 5.80. The molecule has 5 rings (SSSR count). The maximum absolute atomic E-state index is 15.1. The van der Waals surface area contributed by atoms with Gasteiger partial charge in [-0.3, -0.25) is 9.78 Å². The summed E-state index contributed by atoms with van der Waals surface area (Å²) in [6.45, 7) is 0.832. The lowest BCUT2D eigenvalue weighted by molar-refractivity contribution is -0.139. The topological polar surface area (TPSA) is 75.9 Å². The maximum Gasteiger partial charge on any atom is 0.229 e. The Hall–Kier alpha value is -3.37. The van der Waals surface area contributed by atoms with E-state index in [1.807, 2.05) is 0 Å². The first-order chi connectivity index (χ1) is 15.0. The molecular formula is C20H19F3N6O2. The summed E-state index contributed by atoms with van der Waals surface area (Å²) in [6, 6.07) is 1.64. The van der Waals surface area contributed by atoms with E-state index in [4.69, 9.17) is 4.74 Å². The minimum atomic E-state index is -1.43. The van der Waals surface area contributed by atoms with Gasteiger partial charge in [-0.15, -0.1) is 0 Å². The summed E-state index contributed by atoms with van der Waals surface area (Å²) in [5.74, 6) is -1.70. The van der Waals surface area contributed by atoms with Gasteiger partial charge in [0, 0.05) is 24.5 Å². The molecule has 2 aliphatic rings. The Bertz CT molecular complexity index is 1140. The highest BCUT2D eigenvalue weighted by atomic mass is 19.1. The van der Waals surface area contributed by atoms with E-state index in [0.717, 1.165) is 12.4 Å². The van der Waals surface area contributed by atoms with Crippen LogP contribution < -0.4 is 9.64 Å². The number of carbonyl (C=O) groups is 1. The number of fused-ring (bicyclic) bond motifs is 2. The molecule has 11 heteroatoms. The number of nitrogens with zero attached hydrogens (tertiary/aromatic N) is 6. The molecule has 2 aliphatic heterocycles. The van der Waals surface area contributed by atoms with Crippen molar-refractivity contribution >= 4 is 17.4 Å². The minimum Gasteiger partial charge on any atom is -0.488 e. The van der Waals surface area contributed by atoms with Crippen molar-refractivity contribution in [2.45, 2.75) is 19.1 Å². The van der Waals surface area contributed by atoms with Crippen molar-refractivity contribution in [2.75, 3.05) is 31.1 Å². The van der Waals surface area contributed by atoms with Gasteiger partial charge in [-0.1, -0.05) is 0 Å². The van der Waals surface area contributed by atoms with Crippen LogP contribution in [0.5, 0.6) is 5.75 Å². The number of aromatic nitrogens is 4. The van der Waals surface area contributed by atoms with Crippen molar-refractivity contribution in [1.82, 2.24) is 24.5 Å². The van der Waals surface area contributed by atoms with Crippen LogP contribution in [0.1, 0.15) is 12.0 Å². The second kappa shape index (κ2) is 7.71. The van der Waals surface area contributed by atoms with E-state index in [-0.39, 0.29) is 50.0 Å². The molecule has 8 nitrogen and oxygen atoms in total. The van der Waals surface area contributed by atoms with Crippen LogP contribution in [-0.4, -0.2) is 62.8 Å². The largest absolute Gasteiger partial charge is 0.488 e. The molecule has 5 heterocycles. The van der Waals surface area contributed by atoms with Gasteiger partial charge < -0.3 is 14.5 Å². The second-order valence-electron chi connectivity index (χ2n) is 7.61. The molecule has 1 saturated heterocycles. The normalized spacial score (nSPS) is 21.5. The molecule has 31 heavy (non-hydrogen) atoms. The predicted molar refractivity (Wildman–Crippen MR) is 103 cm³/mol. The van der Waals surface area contributed by atoms with Gasteiger partial charge in [0.1, 0.15) is 18.6 Å². The van der Waals surface area contributed by atoms with Gasteiger partial charge in [0.2, 0.25) is 5.91 Å². The molecule has 0 spiro atoms. The second-order valence-corrected chi connectivity index (χ2v) is 7.61. The van der Waals surface area contributed by atoms with Gasteiger partial charge >= 0.3 is 0 Å². The predicted octanol–water partition coefficient (Wildman–Crippen LogP) is 1.99. The van der Waals surface area contributed by atoms with Crippen molar-refractivity contribution in [2.24, 2.45) is 5.92 Å². The molecule has 2 atom stereocenters. The number of ether oxygens (including phenoxy) is 1. The smallest absolute Gasteiger partial charge is 0.229 e. The van der Waals surface area contributed by atoms with Crippen LogP contribution in [0.25, 0.3) is 5.65 Å². The van der Waals surface area contributed by atoms with E-state index in [1.165, 1.54) is 21.8 Å². The van der Waals surface area contributed by atoms with Crippen molar-refractivity contribution in [3.63, 3.8) is 0 Å². The zero-order valence-corrected chi connectivity index (χ0v) is 16.4. The van der Waals surface area contributed by atoms with Gasteiger partial charge in [-0.05, 0) is 12.5 Å². The number of anilines is 1. The van der Waals surface area contributed by atoms with E-state index >= 15 is 4.39 Å². The minimum absolute atomic E-state index is 0.0336. The van der Waals surface area contributed by atoms with Crippen LogP contribution in [0.2, 0.25) is 0 Å². The highest BCUT2D eigenvalue weighted by Gasteiger charge is 2.38. The number of hydrogen-bond donors (Lipinski definition) is 0. The molecule has 0 N–H and O–H groups in total. The first kappa shape index (κ1) is 19.6. The van der Waals surface area contributed by atoms with E-state index in [1.54, 1.807) is 11.0 Å². The molecule has 0 radical (unpaired) electrons. The number of piperidine rings is 1. The van der Waals surface area contributed by atoms with Crippen LogP contribution in [-0.2, 0) is 11.3 Å². The number of hydrogen-bond acceptors (Lipinski definition) is 6. The lowest BCUT2D eigenvalue weighted by Crippen LogP contribution is -2.49. The lowest BCUT2D eigenvalue weighted by Gasteiger charge is -2.37. The van der Waals surface area contributed by atoms with E-state index < -0.39 is 23.7 Å². The summed E-state index contributed by atoms with van der Waals surface area (Å²) >= 11 is 0. The zero-order valence-electron chi connectivity index (χ0n) is 16.4. The van der Waals surface area contributed by atoms with Crippen LogP contribution >= 0.6 is 0 Å². The number of halogens is 3. The number of carbonyl (C=O) groups excluding carboxylic acids is 1. The van der Waals surface area contributed by atoms with Crippen LogP contribution in [0.15, 0.2) is 30.9 Å². The van der Waals surface area contributed by atoms with Crippen molar-refractivity contribution in [3.05, 3.63) is 48.1 Å². The lowest BCUT2D eigenvalue weighted by atomic mass is 9.93. The number of alkyl halides is 1. The molecule has 3 aromatic heterocycles. The maximum atomic E-state index is 15.1. The zero-order chi connectivity index (χ0) is 21.5. The highest BCUT2D eigenvalue weighted by Crippen LogP contribution is 2.30. The SMILES string of the molecule is O=C(C1CCN(c2ccnc3c(F)cnn23)C[C@@H]1F)N1CCOc2c(F)cncc2C1.